The van der Waals surface area contributed by atoms with Crippen LogP contribution < -0.4 is 20.7 Å². The number of carbonyl (C=O) groups excluding carboxylic acids is 1. The molecule has 0 aliphatic heterocycles. The van der Waals surface area contributed by atoms with Gasteiger partial charge in [0.15, 0.2) is 5.96 Å². The molecule has 0 aliphatic carbocycles. The number of benzene rings is 1. The molecule has 3 N–H and O–H groups in total. The lowest BCUT2D eigenvalue weighted by atomic mass is 10.1. The highest BCUT2D eigenvalue weighted by molar-refractivity contribution is 14.0. The number of guanidine groups is 1. The first kappa shape index (κ1) is 26.2. The predicted molar refractivity (Wildman–Crippen MR) is 137 cm³/mol. The molecule has 0 atom stereocenters. The molecule has 1 heterocycles. The maximum atomic E-state index is 12.2. The Morgan fingerprint density at radius 3 is 2.33 bits per heavy atom. The molecule has 166 valence electrons. The van der Waals surface area contributed by atoms with Crippen LogP contribution in [0.1, 0.15) is 44.4 Å². The normalized spacial score (nSPS) is 11.6. The number of ether oxygens (including phenoxy) is 1. The highest BCUT2D eigenvalue weighted by atomic mass is 127. The summed E-state index contributed by atoms with van der Waals surface area (Å²) in [5, 5.41) is 9.49. The number of rotatable bonds is 7. The summed E-state index contributed by atoms with van der Waals surface area (Å²) in [6, 6.07) is 11.9. The number of carbonyl (C=O) groups is 1. The molecule has 0 unspecified atom stereocenters. The summed E-state index contributed by atoms with van der Waals surface area (Å²) in [6.45, 7) is 12.6. The molecule has 1 aromatic carbocycles. The van der Waals surface area contributed by atoms with Crippen LogP contribution in [0.15, 0.2) is 41.4 Å². The van der Waals surface area contributed by atoms with E-state index in [2.05, 4.69) is 40.0 Å². The molecule has 0 aliphatic rings. The molecule has 6 nitrogen and oxygen atoms in total. The Bertz CT molecular complexity index is 826. The van der Waals surface area contributed by atoms with E-state index >= 15 is 0 Å². The van der Waals surface area contributed by atoms with Crippen molar-refractivity contribution in [2.24, 2.45) is 4.99 Å². The molecular formula is C22H33IN4O2S. The van der Waals surface area contributed by atoms with Gasteiger partial charge in [0.05, 0.1) is 12.6 Å². The van der Waals surface area contributed by atoms with E-state index in [4.69, 9.17) is 4.74 Å². The van der Waals surface area contributed by atoms with Crippen molar-refractivity contribution in [1.82, 2.24) is 10.6 Å². The molecule has 0 saturated heterocycles. The second kappa shape index (κ2) is 12.1. The van der Waals surface area contributed by atoms with Crippen LogP contribution in [0.3, 0.4) is 0 Å². The number of anilines is 1. The van der Waals surface area contributed by atoms with Crippen molar-refractivity contribution in [2.75, 3.05) is 11.9 Å². The molecule has 0 saturated carbocycles. The highest BCUT2D eigenvalue weighted by Crippen LogP contribution is 2.17. The summed E-state index contributed by atoms with van der Waals surface area (Å²) in [5.41, 5.74) is 0.583. The van der Waals surface area contributed by atoms with Crippen LogP contribution in [-0.4, -0.2) is 30.1 Å². The Morgan fingerprint density at radius 2 is 1.80 bits per heavy atom. The fraction of sp³-hybridized carbons (Fsp3) is 0.455. The number of aliphatic imine (C=N–C) groups is 1. The van der Waals surface area contributed by atoms with Crippen LogP contribution in [0.2, 0.25) is 0 Å². The van der Waals surface area contributed by atoms with Gasteiger partial charge in [0.25, 0.3) is 0 Å². The first-order valence-corrected chi connectivity index (χ1v) is 10.6. The van der Waals surface area contributed by atoms with Crippen molar-refractivity contribution in [3.8, 4) is 5.75 Å². The largest absolute Gasteiger partial charge is 0.491 e. The van der Waals surface area contributed by atoms with Crippen LogP contribution in [0, 0.1) is 6.92 Å². The smallest absolute Gasteiger partial charge is 0.242 e. The van der Waals surface area contributed by atoms with E-state index in [1.54, 1.807) is 11.3 Å². The first-order valence-electron chi connectivity index (χ1n) is 9.79. The van der Waals surface area contributed by atoms with Crippen molar-refractivity contribution >= 4 is 52.9 Å². The minimum atomic E-state index is -0.283. The van der Waals surface area contributed by atoms with Gasteiger partial charge in [0, 0.05) is 21.0 Å². The van der Waals surface area contributed by atoms with E-state index in [1.807, 2.05) is 58.9 Å². The molecule has 8 heteroatoms. The molecule has 30 heavy (non-hydrogen) atoms. The van der Waals surface area contributed by atoms with E-state index in [1.165, 1.54) is 9.75 Å². The van der Waals surface area contributed by atoms with Crippen LogP contribution in [-0.2, 0) is 11.3 Å². The molecule has 1 amide bonds. The van der Waals surface area contributed by atoms with E-state index < -0.39 is 0 Å². The van der Waals surface area contributed by atoms with Gasteiger partial charge in [-0.05, 0) is 77.9 Å². The molecule has 0 bridgehead atoms. The average molecular weight is 545 g/mol. The Kier molecular flexibility index (Phi) is 10.6. The SMILES string of the molecule is Cc1ccc(CNC(=NCC(=O)NC(C)(C)C)Nc2ccc(OC(C)C)cc2)s1.I. The molecule has 1 aromatic heterocycles. The Hall–Kier alpha value is -1.81. The fourth-order valence-electron chi connectivity index (χ4n) is 2.52. The summed E-state index contributed by atoms with van der Waals surface area (Å²) >= 11 is 1.73. The standard InChI is InChI=1S/C22H32N4O2S.HI/c1-15(2)28-18-10-8-17(9-11-18)25-21(23-13-19-12-7-16(3)29-19)24-14-20(27)26-22(4,5)6;/h7-12,15H,13-14H2,1-6H3,(H,26,27)(H2,23,24,25);1H. The van der Waals surface area contributed by atoms with Crippen molar-refractivity contribution in [2.45, 2.75) is 59.7 Å². The maximum absolute atomic E-state index is 12.2. The lowest BCUT2D eigenvalue weighted by Gasteiger charge is -2.20. The number of nitrogens with zero attached hydrogens (tertiary/aromatic N) is 1. The summed E-state index contributed by atoms with van der Waals surface area (Å²) in [5.74, 6) is 1.25. The molecule has 0 spiro atoms. The number of aryl methyl sites for hydroxylation is 1. The van der Waals surface area contributed by atoms with Gasteiger partial charge in [0.2, 0.25) is 5.91 Å². The van der Waals surface area contributed by atoms with E-state index in [0.29, 0.717) is 12.5 Å². The third-order valence-corrected chi connectivity index (χ3v) is 4.61. The molecule has 2 rings (SSSR count). The highest BCUT2D eigenvalue weighted by Gasteiger charge is 2.13. The average Bonchev–Trinajstić information content (AvgIpc) is 3.02. The third kappa shape index (κ3) is 10.3. The monoisotopic (exact) mass is 544 g/mol. The van der Waals surface area contributed by atoms with Gasteiger partial charge in [-0.15, -0.1) is 35.3 Å². The minimum absolute atomic E-state index is 0. The van der Waals surface area contributed by atoms with E-state index in [0.717, 1.165) is 11.4 Å². The van der Waals surface area contributed by atoms with Gasteiger partial charge in [-0.1, -0.05) is 0 Å². The summed E-state index contributed by atoms with van der Waals surface area (Å²) < 4.78 is 5.68. The second-order valence-corrected chi connectivity index (χ2v) is 9.52. The minimum Gasteiger partial charge on any atom is -0.491 e. The topological polar surface area (TPSA) is 74.8 Å². The maximum Gasteiger partial charge on any atom is 0.242 e. The number of hydrogen-bond acceptors (Lipinski definition) is 4. The van der Waals surface area contributed by atoms with Gasteiger partial charge in [0.1, 0.15) is 12.3 Å². The van der Waals surface area contributed by atoms with Crippen molar-refractivity contribution in [1.29, 1.82) is 0 Å². The van der Waals surface area contributed by atoms with Crippen LogP contribution in [0.5, 0.6) is 5.75 Å². The fourth-order valence-corrected chi connectivity index (χ4v) is 3.36. The lowest BCUT2D eigenvalue weighted by Crippen LogP contribution is -2.42. The van der Waals surface area contributed by atoms with E-state index in [9.17, 15) is 4.79 Å². The molecular weight excluding hydrogens is 511 g/mol. The second-order valence-electron chi connectivity index (χ2n) is 8.14. The van der Waals surface area contributed by atoms with Crippen LogP contribution in [0.25, 0.3) is 0 Å². The number of amides is 1. The number of thiophene rings is 1. The third-order valence-electron chi connectivity index (χ3n) is 3.61. The molecule has 2 aromatic rings. The van der Waals surface area contributed by atoms with Gasteiger partial charge < -0.3 is 20.7 Å². The summed E-state index contributed by atoms with van der Waals surface area (Å²) in [4.78, 5) is 19.1. The number of nitrogens with one attached hydrogen (secondary N) is 3. The van der Waals surface area contributed by atoms with Crippen molar-refractivity contribution in [3.63, 3.8) is 0 Å². The Morgan fingerprint density at radius 1 is 1.13 bits per heavy atom. The quantitative estimate of drug-likeness (QED) is 0.263. The molecule has 0 fully saturated rings. The Balaban J connectivity index is 0.00000450. The number of halogens is 1. The zero-order chi connectivity index (χ0) is 21.4. The zero-order valence-electron chi connectivity index (χ0n) is 18.5. The van der Waals surface area contributed by atoms with Gasteiger partial charge in [-0.3, -0.25) is 4.79 Å². The van der Waals surface area contributed by atoms with Gasteiger partial charge in [-0.2, -0.15) is 0 Å². The predicted octanol–water partition coefficient (Wildman–Crippen LogP) is 4.93. The van der Waals surface area contributed by atoms with E-state index in [-0.39, 0.29) is 48.1 Å². The molecule has 0 radical (unpaired) electrons. The van der Waals surface area contributed by atoms with Gasteiger partial charge >= 0.3 is 0 Å². The lowest BCUT2D eigenvalue weighted by molar-refractivity contribution is -0.121. The Labute approximate surface area is 200 Å². The first-order chi connectivity index (χ1) is 13.6. The van der Waals surface area contributed by atoms with Crippen LogP contribution >= 0.6 is 35.3 Å². The van der Waals surface area contributed by atoms with Crippen LogP contribution in [0.4, 0.5) is 5.69 Å². The van der Waals surface area contributed by atoms with Crippen molar-refractivity contribution < 1.29 is 9.53 Å². The zero-order valence-corrected chi connectivity index (χ0v) is 21.7. The van der Waals surface area contributed by atoms with Gasteiger partial charge in [-0.25, -0.2) is 4.99 Å². The summed E-state index contributed by atoms with van der Waals surface area (Å²) in [6.07, 6.45) is 0.128. The summed E-state index contributed by atoms with van der Waals surface area (Å²) in [7, 11) is 0. The number of hydrogen-bond donors (Lipinski definition) is 3. The van der Waals surface area contributed by atoms with Crippen molar-refractivity contribution in [3.05, 3.63) is 46.2 Å².